The molecule has 0 radical (unpaired) electrons. The van der Waals surface area contributed by atoms with Crippen molar-refractivity contribution in [1.82, 2.24) is 4.98 Å². The van der Waals surface area contributed by atoms with Crippen molar-refractivity contribution in [2.75, 3.05) is 0 Å². The molecule has 18 heavy (non-hydrogen) atoms. The van der Waals surface area contributed by atoms with Gasteiger partial charge in [0.25, 0.3) is 0 Å². The van der Waals surface area contributed by atoms with Crippen molar-refractivity contribution in [3.63, 3.8) is 0 Å². The number of pyridine rings is 1. The Hall–Kier alpha value is -2.16. The van der Waals surface area contributed by atoms with E-state index in [-0.39, 0.29) is 0 Å². The summed E-state index contributed by atoms with van der Waals surface area (Å²) in [7, 11) is 0. The summed E-state index contributed by atoms with van der Waals surface area (Å²) < 4.78 is 0. The zero-order chi connectivity index (χ0) is 12.6. The van der Waals surface area contributed by atoms with Crippen LogP contribution in [0.25, 0.3) is 11.1 Å². The van der Waals surface area contributed by atoms with Gasteiger partial charge in [0, 0.05) is 6.20 Å². The lowest BCUT2D eigenvalue weighted by atomic mass is 9.98. The Balaban J connectivity index is 2.03. The Bertz CT molecular complexity index is 588. The Morgan fingerprint density at radius 3 is 2.44 bits per heavy atom. The summed E-state index contributed by atoms with van der Waals surface area (Å²) in [4.78, 5) is 15.5. The van der Waals surface area contributed by atoms with Gasteiger partial charge in [-0.05, 0) is 36.1 Å². The third-order valence-electron chi connectivity index (χ3n) is 3.52. The third kappa shape index (κ3) is 1.68. The Morgan fingerprint density at radius 2 is 1.83 bits per heavy atom. The van der Waals surface area contributed by atoms with Crippen LogP contribution in [-0.4, -0.2) is 16.1 Å². The highest BCUT2D eigenvalue weighted by Gasteiger charge is 2.53. The summed E-state index contributed by atoms with van der Waals surface area (Å²) >= 11 is 0. The highest BCUT2D eigenvalue weighted by atomic mass is 16.4. The fraction of sp³-hybridized carbons (Fsp3) is 0.200. The van der Waals surface area contributed by atoms with E-state index in [1.807, 2.05) is 42.5 Å². The highest BCUT2D eigenvalue weighted by molar-refractivity contribution is 5.84. The number of hydrogen-bond acceptors (Lipinski definition) is 2. The maximum Gasteiger partial charge on any atom is 0.315 e. The molecule has 1 fully saturated rings. The summed E-state index contributed by atoms with van der Waals surface area (Å²) in [5.41, 5.74) is 2.05. The van der Waals surface area contributed by atoms with Gasteiger partial charge in [0.2, 0.25) is 0 Å². The molecule has 1 aliphatic carbocycles. The molecule has 1 saturated carbocycles. The second kappa shape index (κ2) is 3.95. The minimum atomic E-state index is -0.764. The Labute approximate surface area is 105 Å². The highest BCUT2D eigenvalue weighted by Crippen LogP contribution is 2.48. The second-order valence-corrected chi connectivity index (χ2v) is 4.68. The molecule has 3 heteroatoms. The van der Waals surface area contributed by atoms with E-state index in [1.54, 1.807) is 6.20 Å². The third-order valence-corrected chi connectivity index (χ3v) is 3.52. The predicted octanol–water partition coefficient (Wildman–Crippen LogP) is 2.86. The molecule has 1 aromatic heterocycles. The van der Waals surface area contributed by atoms with Crippen molar-refractivity contribution in [2.24, 2.45) is 0 Å². The van der Waals surface area contributed by atoms with Crippen LogP contribution in [0.2, 0.25) is 0 Å². The van der Waals surface area contributed by atoms with Crippen LogP contribution in [0.15, 0.2) is 48.7 Å². The fourth-order valence-corrected chi connectivity index (χ4v) is 2.21. The summed E-state index contributed by atoms with van der Waals surface area (Å²) in [5.74, 6) is -0.764. The number of nitrogens with zero attached hydrogens (tertiary/aromatic N) is 1. The average molecular weight is 239 g/mol. The van der Waals surface area contributed by atoms with Crippen LogP contribution in [0.4, 0.5) is 0 Å². The van der Waals surface area contributed by atoms with Crippen molar-refractivity contribution in [3.8, 4) is 11.1 Å². The largest absolute Gasteiger partial charge is 0.481 e. The number of benzene rings is 1. The number of aliphatic carboxylic acids is 1. The SMILES string of the molecule is O=C(O)C1(c2cc(-c3ccccc3)ccn2)CC1. The molecule has 0 saturated heterocycles. The van der Waals surface area contributed by atoms with Crippen molar-refractivity contribution >= 4 is 5.97 Å². The number of carboxylic acid groups (broad SMARTS) is 1. The van der Waals surface area contributed by atoms with E-state index in [0.29, 0.717) is 18.5 Å². The monoisotopic (exact) mass is 239 g/mol. The van der Waals surface area contributed by atoms with Gasteiger partial charge in [0.05, 0.1) is 5.69 Å². The topological polar surface area (TPSA) is 50.2 Å². The van der Waals surface area contributed by atoms with Gasteiger partial charge in [0.15, 0.2) is 0 Å². The molecule has 0 spiro atoms. The van der Waals surface area contributed by atoms with Crippen LogP contribution in [0, 0.1) is 0 Å². The predicted molar refractivity (Wildman–Crippen MR) is 68.2 cm³/mol. The average Bonchev–Trinajstić information content (AvgIpc) is 3.21. The van der Waals surface area contributed by atoms with Crippen molar-refractivity contribution < 1.29 is 9.90 Å². The van der Waals surface area contributed by atoms with Crippen LogP contribution in [-0.2, 0) is 10.2 Å². The summed E-state index contributed by atoms with van der Waals surface area (Å²) in [5, 5.41) is 9.28. The molecular formula is C15H13NO2. The minimum Gasteiger partial charge on any atom is -0.481 e. The Kier molecular flexibility index (Phi) is 2.40. The van der Waals surface area contributed by atoms with E-state index in [2.05, 4.69) is 4.98 Å². The number of aromatic nitrogens is 1. The van der Waals surface area contributed by atoms with Gasteiger partial charge in [-0.1, -0.05) is 30.3 Å². The second-order valence-electron chi connectivity index (χ2n) is 4.68. The van der Waals surface area contributed by atoms with Gasteiger partial charge >= 0.3 is 5.97 Å². The molecule has 90 valence electrons. The molecule has 0 unspecified atom stereocenters. The van der Waals surface area contributed by atoms with Crippen LogP contribution in [0.1, 0.15) is 18.5 Å². The molecule has 0 atom stereocenters. The molecule has 1 heterocycles. The minimum absolute atomic E-state index is 0.677. The summed E-state index contributed by atoms with van der Waals surface area (Å²) in [6.07, 6.45) is 3.07. The van der Waals surface area contributed by atoms with Gasteiger partial charge < -0.3 is 5.11 Å². The number of rotatable bonds is 3. The maximum atomic E-state index is 11.3. The Morgan fingerprint density at radius 1 is 1.11 bits per heavy atom. The van der Waals surface area contributed by atoms with E-state index in [0.717, 1.165) is 11.1 Å². The van der Waals surface area contributed by atoms with Crippen molar-refractivity contribution in [3.05, 3.63) is 54.4 Å². The van der Waals surface area contributed by atoms with E-state index >= 15 is 0 Å². The first-order valence-electron chi connectivity index (χ1n) is 5.98. The molecule has 0 bridgehead atoms. The first-order valence-corrected chi connectivity index (χ1v) is 5.98. The fourth-order valence-electron chi connectivity index (χ4n) is 2.21. The van der Waals surface area contributed by atoms with E-state index in [4.69, 9.17) is 0 Å². The molecule has 1 aromatic carbocycles. The lowest BCUT2D eigenvalue weighted by molar-refractivity contribution is -0.140. The lowest BCUT2D eigenvalue weighted by Crippen LogP contribution is -2.20. The van der Waals surface area contributed by atoms with Crippen molar-refractivity contribution in [1.29, 1.82) is 0 Å². The van der Waals surface area contributed by atoms with Crippen molar-refractivity contribution in [2.45, 2.75) is 18.3 Å². The first-order chi connectivity index (χ1) is 8.72. The zero-order valence-corrected chi connectivity index (χ0v) is 9.84. The number of hydrogen-bond donors (Lipinski definition) is 1. The zero-order valence-electron chi connectivity index (χ0n) is 9.84. The summed E-state index contributed by atoms with van der Waals surface area (Å²) in [6.45, 7) is 0. The normalized spacial score (nSPS) is 16.2. The van der Waals surface area contributed by atoms with Gasteiger partial charge in [-0.3, -0.25) is 9.78 Å². The first kappa shape index (κ1) is 11.0. The maximum absolute atomic E-state index is 11.3. The van der Waals surface area contributed by atoms with Gasteiger partial charge in [0.1, 0.15) is 5.41 Å². The molecular weight excluding hydrogens is 226 g/mol. The van der Waals surface area contributed by atoms with Crippen LogP contribution in [0.5, 0.6) is 0 Å². The molecule has 3 nitrogen and oxygen atoms in total. The molecule has 3 rings (SSSR count). The smallest absolute Gasteiger partial charge is 0.315 e. The molecule has 1 N–H and O–H groups in total. The van der Waals surface area contributed by atoms with Crippen LogP contribution in [0.3, 0.4) is 0 Å². The summed E-state index contributed by atoms with van der Waals surface area (Å²) in [6, 6.07) is 13.7. The molecule has 2 aromatic rings. The van der Waals surface area contributed by atoms with Crippen LogP contribution >= 0.6 is 0 Å². The van der Waals surface area contributed by atoms with Gasteiger partial charge in [-0.25, -0.2) is 0 Å². The van der Waals surface area contributed by atoms with Crippen LogP contribution < -0.4 is 0 Å². The molecule has 0 aliphatic heterocycles. The standard InChI is InChI=1S/C15H13NO2/c17-14(18)15(7-8-15)13-10-12(6-9-16-13)11-4-2-1-3-5-11/h1-6,9-10H,7-8H2,(H,17,18). The van der Waals surface area contributed by atoms with E-state index in [1.165, 1.54) is 0 Å². The van der Waals surface area contributed by atoms with Gasteiger partial charge in [-0.2, -0.15) is 0 Å². The number of carbonyl (C=O) groups is 1. The number of carboxylic acids is 1. The molecule has 0 amide bonds. The van der Waals surface area contributed by atoms with Gasteiger partial charge in [-0.15, -0.1) is 0 Å². The molecule has 1 aliphatic rings. The van der Waals surface area contributed by atoms with E-state index in [9.17, 15) is 9.90 Å². The lowest BCUT2D eigenvalue weighted by Gasteiger charge is -2.10. The van der Waals surface area contributed by atoms with E-state index < -0.39 is 11.4 Å². The quantitative estimate of drug-likeness (QED) is 0.896.